The summed E-state index contributed by atoms with van der Waals surface area (Å²) in [7, 11) is 0. The predicted molar refractivity (Wildman–Crippen MR) is 162 cm³/mol. The van der Waals surface area contributed by atoms with Gasteiger partial charge in [-0.25, -0.2) is 0 Å². The van der Waals surface area contributed by atoms with Gasteiger partial charge in [-0.3, -0.25) is 4.79 Å². The van der Waals surface area contributed by atoms with Crippen molar-refractivity contribution in [1.29, 1.82) is 0 Å². The third kappa shape index (κ3) is 4.80. The van der Waals surface area contributed by atoms with Crippen LogP contribution in [0.15, 0.2) is 77.2 Å². The summed E-state index contributed by atoms with van der Waals surface area (Å²) in [5, 5.41) is 2.24. The van der Waals surface area contributed by atoms with Crippen LogP contribution in [0, 0.1) is 12.8 Å². The lowest BCUT2D eigenvalue weighted by molar-refractivity contribution is -0.116. The summed E-state index contributed by atoms with van der Waals surface area (Å²) in [6, 6.07) is 18.4. The summed E-state index contributed by atoms with van der Waals surface area (Å²) in [5.74, 6) is 1.19. The standard InChI is InChI=1S/C36H38OS/c1-4-31-34-20-26(19-25-10-13-28(14-11-25)27-8-6-5-7-9-27)12-15-29(34)21-35(36(31)37)33-17-16-32(24(33)3)30-18-23(2)38-22-30/h10-18,20-22,24,27,31H,4-9,19H2,1-3H3. The maximum atomic E-state index is 13.8. The van der Waals surface area contributed by atoms with E-state index in [2.05, 4.69) is 92.9 Å². The summed E-state index contributed by atoms with van der Waals surface area (Å²) < 4.78 is 0. The number of thiophene rings is 1. The summed E-state index contributed by atoms with van der Waals surface area (Å²) in [4.78, 5) is 15.2. The molecule has 194 valence electrons. The Morgan fingerprint density at radius 2 is 1.63 bits per heavy atom. The van der Waals surface area contributed by atoms with E-state index in [4.69, 9.17) is 0 Å². The molecular formula is C36H38OS. The number of fused-ring (bicyclic) bond motifs is 1. The van der Waals surface area contributed by atoms with Crippen LogP contribution in [-0.4, -0.2) is 5.78 Å². The van der Waals surface area contributed by atoms with Crippen LogP contribution in [0.5, 0.6) is 0 Å². The molecule has 1 aromatic heterocycles. The third-order valence-electron chi connectivity index (χ3n) is 9.03. The van der Waals surface area contributed by atoms with Crippen LogP contribution < -0.4 is 0 Å². The lowest BCUT2D eigenvalue weighted by atomic mass is 9.75. The first-order chi connectivity index (χ1) is 18.5. The Kier molecular flexibility index (Phi) is 7.10. The van der Waals surface area contributed by atoms with Crippen molar-refractivity contribution in [3.05, 3.63) is 115 Å². The molecule has 6 rings (SSSR count). The van der Waals surface area contributed by atoms with Crippen molar-refractivity contribution in [2.45, 2.75) is 77.6 Å². The Bertz CT molecular complexity index is 1440. The fourth-order valence-corrected chi connectivity index (χ4v) is 7.55. The number of rotatable bonds is 6. The highest BCUT2D eigenvalue weighted by atomic mass is 32.1. The van der Waals surface area contributed by atoms with E-state index in [1.165, 1.54) is 81.5 Å². The SMILES string of the molecule is CCC1C(=O)C(C2=CC=C(c3csc(C)c3)C2C)=Cc2ccc(Cc3ccc(C4CCCCC4)cc3)cc21. The minimum absolute atomic E-state index is 0.0702. The van der Waals surface area contributed by atoms with Gasteiger partial charge in [0.15, 0.2) is 5.78 Å². The Hall–Kier alpha value is -2.97. The van der Waals surface area contributed by atoms with Gasteiger partial charge in [0.2, 0.25) is 0 Å². The maximum Gasteiger partial charge on any atom is 0.170 e. The van der Waals surface area contributed by atoms with Gasteiger partial charge in [0.25, 0.3) is 0 Å². The number of allylic oxidation sites excluding steroid dienone is 5. The van der Waals surface area contributed by atoms with Gasteiger partial charge >= 0.3 is 0 Å². The smallest absolute Gasteiger partial charge is 0.170 e. The molecule has 0 bridgehead atoms. The van der Waals surface area contributed by atoms with Crippen LogP contribution in [0.1, 0.15) is 102 Å². The van der Waals surface area contributed by atoms with Crippen molar-refractivity contribution in [1.82, 2.24) is 0 Å². The van der Waals surface area contributed by atoms with E-state index in [0.29, 0.717) is 0 Å². The monoisotopic (exact) mass is 518 g/mol. The number of aryl methyl sites for hydroxylation is 1. The Balaban J connectivity index is 1.23. The van der Waals surface area contributed by atoms with Crippen LogP contribution in [0.4, 0.5) is 0 Å². The second-order valence-electron chi connectivity index (χ2n) is 11.5. The molecule has 0 aliphatic heterocycles. The predicted octanol–water partition coefficient (Wildman–Crippen LogP) is 9.81. The Morgan fingerprint density at radius 3 is 2.34 bits per heavy atom. The number of carbonyl (C=O) groups is 1. The molecule has 3 aromatic rings. The summed E-state index contributed by atoms with van der Waals surface area (Å²) in [6.07, 6.45) is 15.1. The number of benzene rings is 2. The van der Waals surface area contributed by atoms with Crippen LogP contribution in [-0.2, 0) is 11.2 Å². The summed E-state index contributed by atoms with van der Waals surface area (Å²) in [5.41, 5.74) is 11.2. The van der Waals surface area contributed by atoms with Gasteiger partial charge in [-0.05, 0) is 101 Å². The number of hydrogen-bond donors (Lipinski definition) is 0. The van der Waals surface area contributed by atoms with Gasteiger partial charge in [0.05, 0.1) is 0 Å². The fraction of sp³-hybridized carbons (Fsp3) is 0.361. The van der Waals surface area contributed by atoms with Crippen molar-refractivity contribution < 1.29 is 4.79 Å². The van der Waals surface area contributed by atoms with Crippen LogP contribution in [0.2, 0.25) is 0 Å². The van der Waals surface area contributed by atoms with Crippen LogP contribution in [0.3, 0.4) is 0 Å². The normalized spacial score (nSPS) is 21.7. The molecule has 2 atom stereocenters. The minimum atomic E-state index is -0.0702. The molecule has 2 heteroatoms. The Morgan fingerprint density at radius 1 is 0.895 bits per heavy atom. The first kappa shape index (κ1) is 25.3. The van der Waals surface area contributed by atoms with Gasteiger partial charge < -0.3 is 0 Å². The number of hydrogen-bond acceptors (Lipinski definition) is 2. The molecule has 0 N–H and O–H groups in total. The summed E-state index contributed by atoms with van der Waals surface area (Å²) >= 11 is 1.79. The van der Waals surface area contributed by atoms with Crippen molar-refractivity contribution in [3.8, 4) is 0 Å². The molecule has 1 fully saturated rings. The molecule has 3 aliphatic rings. The second kappa shape index (κ2) is 10.7. The van der Waals surface area contributed by atoms with E-state index in [1.54, 1.807) is 11.3 Å². The van der Waals surface area contributed by atoms with Crippen molar-refractivity contribution in [2.24, 2.45) is 5.92 Å². The fourth-order valence-electron chi connectivity index (χ4n) is 6.83. The molecule has 0 saturated heterocycles. The molecule has 3 aliphatic carbocycles. The van der Waals surface area contributed by atoms with Crippen molar-refractivity contribution in [3.63, 3.8) is 0 Å². The topological polar surface area (TPSA) is 17.1 Å². The highest BCUT2D eigenvalue weighted by Crippen LogP contribution is 2.44. The van der Waals surface area contributed by atoms with E-state index in [9.17, 15) is 4.79 Å². The van der Waals surface area contributed by atoms with E-state index in [1.807, 2.05) is 0 Å². The molecule has 1 saturated carbocycles. The zero-order valence-corrected chi connectivity index (χ0v) is 23.7. The molecule has 0 radical (unpaired) electrons. The average Bonchev–Trinajstić information content (AvgIpc) is 3.54. The van der Waals surface area contributed by atoms with Crippen molar-refractivity contribution in [2.75, 3.05) is 0 Å². The summed E-state index contributed by atoms with van der Waals surface area (Å²) in [6.45, 7) is 6.54. The largest absolute Gasteiger partial charge is 0.293 e. The second-order valence-corrected chi connectivity index (χ2v) is 12.6. The Labute approximate surface area is 232 Å². The molecule has 0 spiro atoms. The average molecular weight is 519 g/mol. The minimum Gasteiger partial charge on any atom is -0.293 e. The molecule has 1 nitrogen and oxygen atoms in total. The molecule has 38 heavy (non-hydrogen) atoms. The van der Waals surface area contributed by atoms with Crippen molar-refractivity contribution >= 4 is 28.8 Å². The third-order valence-corrected chi connectivity index (χ3v) is 9.89. The van der Waals surface area contributed by atoms with Crippen LogP contribution in [0.25, 0.3) is 11.6 Å². The van der Waals surface area contributed by atoms with Gasteiger partial charge in [-0.1, -0.05) is 87.7 Å². The zero-order valence-electron chi connectivity index (χ0n) is 22.9. The first-order valence-electron chi connectivity index (χ1n) is 14.5. The highest BCUT2D eigenvalue weighted by Gasteiger charge is 2.34. The number of carbonyl (C=O) groups excluding carboxylic acids is 1. The number of ketones is 1. The lowest BCUT2D eigenvalue weighted by Crippen LogP contribution is -2.22. The van der Waals surface area contributed by atoms with E-state index >= 15 is 0 Å². The maximum absolute atomic E-state index is 13.8. The van der Waals surface area contributed by atoms with E-state index in [0.717, 1.165) is 24.3 Å². The first-order valence-corrected chi connectivity index (χ1v) is 15.3. The molecule has 0 amide bonds. The number of Topliss-reactive ketones (excluding diaryl/α,β-unsaturated/α-hetero) is 1. The van der Waals surface area contributed by atoms with Crippen LogP contribution >= 0.6 is 11.3 Å². The highest BCUT2D eigenvalue weighted by molar-refractivity contribution is 7.10. The van der Waals surface area contributed by atoms with Gasteiger partial charge in [-0.2, -0.15) is 0 Å². The lowest BCUT2D eigenvalue weighted by Gasteiger charge is -2.27. The quantitative estimate of drug-likeness (QED) is 0.317. The molecular weight excluding hydrogens is 480 g/mol. The van der Waals surface area contributed by atoms with Gasteiger partial charge in [0.1, 0.15) is 0 Å². The van der Waals surface area contributed by atoms with E-state index < -0.39 is 0 Å². The van der Waals surface area contributed by atoms with E-state index in [-0.39, 0.29) is 17.6 Å². The molecule has 1 heterocycles. The van der Waals surface area contributed by atoms with Gasteiger partial charge in [-0.15, -0.1) is 11.3 Å². The molecule has 2 unspecified atom stereocenters. The molecule has 2 aromatic carbocycles. The van der Waals surface area contributed by atoms with Gasteiger partial charge in [0, 0.05) is 22.3 Å². The zero-order chi connectivity index (χ0) is 26.2.